The second-order valence-corrected chi connectivity index (χ2v) is 7.77. The molecule has 5 nitrogen and oxygen atoms in total. The van der Waals surface area contributed by atoms with Gasteiger partial charge in [-0.1, -0.05) is 24.3 Å². The smallest absolute Gasteiger partial charge is 0.238 e. The third-order valence-corrected chi connectivity index (χ3v) is 5.59. The zero-order chi connectivity index (χ0) is 20.3. The lowest BCUT2D eigenvalue weighted by Crippen LogP contribution is -2.32. The van der Waals surface area contributed by atoms with E-state index in [0.29, 0.717) is 19.1 Å². The molecule has 1 amide bonds. The Morgan fingerprint density at radius 3 is 2.32 bits per heavy atom. The van der Waals surface area contributed by atoms with Gasteiger partial charge in [0.1, 0.15) is 11.9 Å². The van der Waals surface area contributed by atoms with Crippen molar-refractivity contribution in [3.05, 3.63) is 59.7 Å². The van der Waals surface area contributed by atoms with E-state index < -0.39 is 0 Å². The zero-order valence-electron chi connectivity index (χ0n) is 17.6. The molecule has 1 aliphatic heterocycles. The first-order valence-corrected chi connectivity index (χ1v) is 9.86. The van der Waals surface area contributed by atoms with Gasteiger partial charge in [-0.2, -0.15) is 0 Å². The van der Waals surface area contributed by atoms with E-state index in [1.54, 1.807) is 7.11 Å². The Bertz CT molecular complexity index is 786. The number of rotatable bonds is 7. The summed E-state index contributed by atoms with van der Waals surface area (Å²) in [6.07, 6.45) is 0.818. The van der Waals surface area contributed by atoms with Crippen LogP contribution < -0.4 is 9.64 Å². The quantitative estimate of drug-likeness (QED) is 0.735. The van der Waals surface area contributed by atoms with Crippen molar-refractivity contribution >= 4 is 11.6 Å². The number of carbonyl (C=O) groups is 1. The molecule has 28 heavy (non-hydrogen) atoms. The standard InChI is InChI=1S/C23H31N3O2/c1-17(2)25(4)20-10-8-19(9-11-20)23-24(3)16-22(27)26(23)15-14-18-6-12-21(28-5)13-7-18/h6-13,17,23H,14-16H2,1-5H3. The highest BCUT2D eigenvalue weighted by molar-refractivity contribution is 5.81. The fourth-order valence-electron chi connectivity index (χ4n) is 3.67. The minimum Gasteiger partial charge on any atom is -0.497 e. The van der Waals surface area contributed by atoms with E-state index in [1.165, 1.54) is 11.3 Å². The lowest BCUT2D eigenvalue weighted by Gasteiger charge is -2.29. The summed E-state index contributed by atoms with van der Waals surface area (Å²) in [6, 6.07) is 17.1. The van der Waals surface area contributed by atoms with Crippen LogP contribution in [-0.2, 0) is 11.2 Å². The number of benzene rings is 2. The Kier molecular flexibility index (Phi) is 6.25. The number of nitrogens with zero attached hydrogens (tertiary/aromatic N) is 3. The maximum absolute atomic E-state index is 12.6. The molecule has 1 heterocycles. The number of hydrogen-bond acceptors (Lipinski definition) is 4. The van der Waals surface area contributed by atoms with Crippen LogP contribution in [0, 0.1) is 0 Å². The first kappa shape index (κ1) is 20.2. The van der Waals surface area contributed by atoms with E-state index >= 15 is 0 Å². The summed E-state index contributed by atoms with van der Waals surface area (Å²) in [7, 11) is 5.79. The van der Waals surface area contributed by atoms with Crippen molar-refractivity contribution in [3.63, 3.8) is 0 Å². The molecule has 1 atom stereocenters. The average Bonchev–Trinajstić information content (AvgIpc) is 2.99. The highest BCUT2D eigenvalue weighted by atomic mass is 16.5. The lowest BCUT2D eigenvalue weighted by molar-refractivity contribution is -0.128. The monoisotopic (exact) mass is 381 g/mol. The largest absolute Gasteiger partial charge is 0.497 e. The maximum atomic E-state index is 12.6. The molecule has 0 bridgehead atoms. The topological polar surface area (TPSA) is 36.0 Å². The van der Waals surface area contributed by atoms with Gasteiger partial charge in [0.15, 0.2) is 0 Å². The molecule has 1 aliphatic rings. The van der Waals surface area contributed by atoms with Gasteiger partial charge in [-0.05, 0) is 62.7 Å². The molecule has 2 aromatic carbocycles. The van der Waals surface area contributed by atoms with Crippen LogP contribution in [0.25, 0.3) is 0 Å². The van der Waals surface area contributed by atoms with Gasteiger partial charge in [-0.25, -0.2) is 0 Å². The number of carbonyl (C=O) groups excluding carboxylic acids is 1. The molecular formula is C23H31N3O2. The van der Waals surface area contributed by atoms with Gasteiger partial charge >= 0.3 is 0 Å². The Morgan fingerprint density at radius 2 is 1.75 bits per heavy atom. The van der Waals surface area contributed by atoms with Crippen molar-refractivity contribution in [2.24, 2.45) is 0 Å². The zero-order valence-corrected chi connectivity index (χ0v) is 17.6. The van der Waals surface area contributed by atoms with Crippen molar-refractivity contribution in [3.8, 4) is 5.75 Å². The third kappa shape index (κ3) is 4.30. The molecule has 0 N–H and O–H groups in total. The summed E-state index contributed by atoms with van der Waals surface area (Å²) in [5, 5.41) is 0. The summed E-state index contributed by atoms with van der Waals surface area (Å²) in [5.74, 6) is 1.04. The highest BCUT2D eigenvalue weighted by Gasteiger charge is 2.36. The van der Waals surface area contributed by atoms with Crippen LogP contribution in [0.2, 0.25) is 0 Å². The van der Waals surface area contributed by atoms with E-state index in [2.05, 4.69) is 67.1 Å². The number of amides is 1. The molecule has 1 unspecified atom stereocenters. The van der Waals surface area contributed by atoms with Crippen LogP contribution in [0.5, 0.6) is 5.75 Å². The fourth-order valence-corrected chi connectivity index (χ4v) is 3.67. The van der Waals surface area contributed by atoms with Crippen LogP contribution in [0.1, 0.15) is 31.1 Å². The SMILES string of the molecule is COc1ccc(CCN2C(=O)CN(C)C2c2ccc(N(C)C(C)C)cc2)cc1. The molecule has 0 aliphatic carbocycles. The van der Waals surface area contributed by atoms with Gasteiger partial charge in [-0.15, -0.1) is 0 Å². The maximum Gasteiger partial charge on any atom is 0.238 e. The van der Waals surface area contributed by atoms with Crippen molar-refractivity contribution < 1.29 is 9.53 Å². The van der Waals surface area contributed by atoms with E-state index in [9.17, 15) is 4.79 Å². The number of hydrogen-bond donors (Lipinski definition) is 0. The van der Waals surface area contributed by atoms with Crippen LogP contribution in [0.4, 0.5) is 5.69 Å². The van der Waals surface area contributed by atoms with Gasteiger partial charge in [0.05, 0.1) is 13.7 Å². The highest BCUT2D eigenvalue weighted by Crippen LogP contribution is 2.31. The van der Waals surface area contributed by atoms with E-state index in [4.69, 9.17) is 4.74 Å². The number of likely N-dealkylation sites (N-methyl/N-ethyl adjacent to an activating group) is 1. The van der Waals surface area contributed by atoms with Crippen molar-refractivity contribution in [2.45, 2.75) is 32.5 Å². The van der Waals surface area contributed by atoms with Crippen LogP contribution >= 0.6 is 0 Å². The Morgan fingerprint density at radius 1 is 1.11 bits per heavy atom. The first-order chi connectivity index (χ1) is 13.4. The minimum atomic E-state index is -0.0100. The summed E-state index contributed by atoms with van der Waals surface area (Å²) in [5.41, 5.74) is 3.55. The Balaban J connectivity index is 1.73. The van der Waals surface area contributed by atoms with Gasteiger partial charge in [-0.3, -0.25) is 9.69 Å². The number of anilines is 1. The summed E-state index contributed by atoms with van der Waals surface area (Å²) in [4.78, 5) is 19.0. The van der Waals surface area contributed by atoms with Crippen LogP contribution in [0.15, 0.2) is 48.5 Å². The second kappa shape index (κ2) is 8.65. The van der Waals surface area contributed by atoms with Gasteiger partial charge < -0.3 is 14.5 Å². The molecule has 0 saturated carbocycles. The van der Waals surface area contributed by atoms with Gasteiger partial charge in [0.25, 0.3) is 0 Å². The summed E-state index contributed by atoms with van der Waals surface area (Å²) in [6.45, 7) is 5.52. The van der Waals surface area contributed by atoms with Gasteiger partial charge in [0, 0.05) is 25.3 Å². The molecule has 1 fully saturated rings. The van der Waals surface area contributed by atoms with Gasteiger partial charge in [0.2, 0.25) is 5.91 Å². The first-order valence-electron chi connectivity index (χ1n) is 9.86. The Hall–Kier alpha value is -2.53. The fraction of sp³-hybridized carbons (Fsp3) is 0.435. The van der Waals surface area contributed by atoms with E-state index in [-0.39, 0.29) is 12.1 Å². The molecule has 0 spiro atoms. The summed E-state index contributed by atoms with van der Waals surface area (Å²) < 4.78 is 5.22. The Labute approximate surface area is 168 Å². The average molecular weight is 382 g/mol. The van der Waals surface area contributed by atoms with Crippen LogP contribution in [0.3, 0.4) is 0 Å². The number of ether oxygens (including phenoxy) is 1. The van der Waals surface area contributed by atoms with Crippen LogP contribution in [-0.4, -0.2) is 56.0 Å². The van der Waals surface area contributed by atoms with Crippen molar-refractivity contribution in [1.82, 2.24) is 9.80 Å². The molecule has 0 aromatic heterocycles. The molecule has 5 heteroatoms. The molecule has 150 valence electrons. The van der Waals surface area contributed by atoms with E-state index in [0.717, 1.165) is 17.7 Å². The molecule has 1 saturated heterocycles. The predicted molar refractivity (Wildman–Crippen MR) is 114 cm³/mol. The number of methoxy groups -OCH3 is 1. The molecule has 3 rings (SSSR count). The minimum absolute atomic E-state index is 0.0100. The lowest BCUT2D eigenvalue weighted by atomic mass is 10.1. The second-order valence-electron chi connectivity index (χ2n) is 7.77. The normalized spacial score (nSPS) is 17.4. The molecule has 0 radical (unpaired) electrons. The molecular weight excluding hydrogens is 350 g/mol. The van der Waals surface area contributed by atoms with Crippen molar-refractivity contribution in [1.29, 1.82) is 0 Å². The van der Waals surface area contributed by atoms with E-state index in [1.807, 2.05) is 24.1 Å². The molecule has 2 aromatic rings. The third-order valence-electron chi connectivity index (χ3n) is 5.59. The predicted octanol–water partition coefficient (Wildman–Crippen LogP) is 3.56. The summed E-state index contributed by atoms with van der Waals surface area (Å²) >= 11 is 0. The van der Waals surface area contributed by atoms with Crippen molar-refractivity contribution in [2.75, 3.05) is 39.2 Å².